The van der Waals surface area contributed by atoms with Crippen LogP contribution in [-0.2, 0) is 26.2 Å². The zero-order valence-corrected chi connectivity index (χ0v) is 27.7. The molecule has 3 rings (SSSR count). The molecule has 0 spiro atoms. The Bertz CT molecular complexity index is 1460. The van der Waals surface area contributed by atoms with E-state index in [-0.39, 0.29) is 23.3 Å². The molecule has 0 saturated heterocycles. The third-order valence-corrected chi connectivity index (χ3v) is 9.35. The Morgan fingerprint density at radius 3 is 2.15 bits per heavy atom. The molecule has 220 valence electrons. The van der Waals surface area contributed by atoms with Crippen molar-refractivity contribution in [1.82, 2.24) is 10.2 Å². The average molecular weight is 710 g/mol. The fourth-order valence-corrected chi connectivity index (χ4v) is 6.39. The number of nitrogens with zero attached hydrogens (tertiary/aromatic N) is 2. The lowest BCUT2D eigenvalue weighted by atomic mass is 10.1. The lowest BCUT2D eigenvalue weighted by Gasteiger charge is -2.32. The molecule has 2 amide bonds. The Morgan fingerprint density at radius 1 is 0.951 bits per heavy atom. The van der Waals surface area contributed by atoms with Gasteiger partial charge in [0.1, 0.15) is 18.3 Å². The van der Waals surface area contributed by atoms with Gasteiger partial charge in [0.15, 0.2) is 0 Å². The number of carbonyl (C=O) groups is 2. The van der Waals surface area contributed by atoms with E-state index in [0.717, 1.165) is 19.9 Å². The van der Waals surface area contributed by atoms with E-state index in [9.17, 15) is 18.0 Å². The lowest BCUT2D eigenvalue weighted by Crippen LogP contribution is -2.51. The van der Waals surface area contributed by atoms with Crippen LogP contribution in [-0.4, -0.2) is 51.4 Å². The van der Waals surface area contributed by atoms with Crippen LogP contribution in [0, 0.1) is 12.8 Å². The van der Waals surface area contributed by atoms with Crippen molar-refractivity contribution in [2.75, 3.05) is 24.5 Å². The number of ether oxygens (including phenoxy) is 1. The molecular formula is C30H35Br2N3O5S. The van der Waals surface area contributed by atoms with Gasteiger partial charge in [0.25, 0.3) is 10.0 Å². The maximum absolute atomic E-state index is 14.0. The molecule has 0 saturated carbocycles. The van der Waals surface area contributed by atoms with Crippen molar-refractivity contribution < 1.29 is 22.7 Å². The first kappa shape index (κ1) is 32.6. The van der Waals surface area contributed by atoms with Crippen molar-refractivity contribution >= 4 is 59.4 Å². The number of benzene rings is 3. The summed E-state index contributed by atoms with van der Waals surface area (Å²) in [6, 6.07) is 17.9. The van der Waals surface area contributed by atoms with Crippen LogP contribution in [0.4, 0.5) is 5.69 Å². The van der Waals surface area contributed by atoms with Crippen molar-refractivity contribution in [2.24, 2.45) is 5.92 Å². The van der Waals surface area contributed by atoms with Crippen LogP contribution in [0.1, 0.15) is 31.9 Å². The van der Waals surface area contributed by atoms with Gasteiger partial charge in [-0.2, -0.15) is 0 Å². The first-order chi connectivity index (χ1) is 19.3. The molecule has 11 heteroatoms. The quantitative estimate of drug-likeness (QED) is 0.252. The number of amides is 2. The van der Waals surface area contributed by atoms with Crippen LogP contribution in [0.15, 0.2) is 80.6 Å². The monoisotopic (exact) mass is 707 g/mol. The maximum Gasteiger partial charge on any atom is 0.264 e. The van der Waals surface area contributed by atoms with E-state index in [0.29, 0.717) is 22.5 Å². The zero-order chi connectivity index (χ0) is 30.3. The predicted molar refractivity (Wildman–Crippen MR) is 168 cm³/mol. The number of sulfonamides is 1. The van der Waals surface area contributed by atoms with Crippen molar-refractivity contribution in [3.8, 4) is 5.75 Å². The predicted octanol–water partition coefficient (Wildman–Crippen LogP) is 5.91. The fourth-order valence-electron chi connectivity index (χ4n) is 4.00. The Labute approximate surface area is 259 Å². The highest BCUT2D eigenvalue weighted by Crippen LogP contribution is 2.31. The minimum atomic E-state index is -4.20. The van der Waals surface area contributed by atoms with Crippen LogP contribution < -0.4 is 14.4 Å². The van der Waals surface area contributed by atoms with E-state index in [4.69, 9.17) is 4.74 Å². The van der Waals surface area contributed by atoms with E-state index in [1.807, 2.05) is 45.0 Å². The second-order valence-corrected chi connectivity index (χ2v) is 13.7. The van der Waals surface area contributed by atoms with Crippen molar-refractivity contribution in [3.05, 3.63) is 86.8 Å². The Kier molecular flexibility index (Phi) is 11.4. The van der Waals surface area contributed by atoms with Gasteiger partial charge in [-0.3, -0.25) is 13.9 Å². The molecule has 0 bridgehead atoms. The first-order valence-electron chi connectivity index (χ1n) is 13.1. The van der Waals surface area contributed by atoms with E-state index >= 15 is 0 Å². The summed E-state index contributed by atoms with van der Waals surface area (Å²) in [5, 5.41) is 2.89. The van der Waals surface area contributed by atoms with Crippen LogP contribution >= 0.6 is 31.9 Å². The highest BCUT2D eigenvalue weighted by atomic mass is 79.9. The molecule has 0 aliphatic carbocycles. The third-order valence-electron chi connectivity index (χ3n) is 6.43. The molecule has 0 radical (unpaired) electrons. The summed E-state index contributed by atoms with van der Waals surface area (Å²) < 4.78 is 35.7. The topological polar surface area (TPSA) is 96.0 Å². The first-order valence-corrected chi connectivity index (χ1v) is 16.1. The largest absolute Gasteiger partial charge is 0.496 e. The fraction of sp³-hybridized carbons (Fsp3) is 0.333. The molecule has 1 N–H and O–H groups in total. The Morgan fingerprint density at radius 2 is 1.59 bits per heavy atom. The van der Waals surface area contributed by atoms with Gasteiger partial charge >= 0.3 is 0 Å². The van der Waals surface area contributed by atoms with E-state index in [1.54, 1.807) is 37.3 Å². The number of nitrogens with one attached hydrogen (secondary N) is 1. The Hall–Kier alpha value is -2.89. The molecule has 41 heavy (non-hydrogen) atoms. The number of aryl methyl sites for hydroxylation is 1. The molecule has 0 aliphatic heterocycles. The maximum atomic E-state index is 14.0. The molecule has 0 heterocycles. The summed E-state index contributed by atoms with van der Waals surface area (Å²) in [7, 11) is -2.71. The zero-order valence-electron chi connectivity index (χ0n) is 23.7. The Balaban J connectivity index is 2.03. The summed E-state index contributed by atoms with van der Waals surface area (Å²) in [4.78, 5) is 28.5. The molecule has 8 nitrogen and oxygen atoms in total. The number of rotatable bonds is 12. The summed E-state index contributed by atoms with van der Waals surface area (Å²) >= 11 is 6.78. The summed E-state index contributed by atoms with van der Waals surface area (Å²) in [6.45, 7) is 7.59. The molecule has 3 aromatic rings. The van der Waals surface area contributed by atoms with Crippen LogP contribution in [0.5, 0.6) is 5.75 Å². The molecule has 3 aromatic carbocycles. The molecule has 0 aliphatic rings. The second kappa shape index (κ2) is 14.3. The van der Waals surface area contributed by atoms with E-state index < -0.39 is 28.5 Å². The highest BCUT2D eigenvalue weighted by Gasteiger charge is 2.33. The van der Waals surface area contributed by atoms with Gasteiger partial charge in [-0.25, -0.2) is 8.42 Å². The van der Waals surface area contributed by atoms with Gasteiger partial charge in [0.2, 0.25) is 11.8 Å². The van der Waals surface area contributed by atoms with Gasteiger partial charge in [0, 0.05) is 17.6 Å². The highest BCUT2D eigenvalue weighted by molar-refractivity contribution is 9.10. The minimum Gasteiger partial charge on any atom is -0.496 e. The van der Waals surface area contributed by atoms with Crippen molar-refractivity contribution in [3.63, 3.8) is 0 Å². The normalized spacial score (nSPS) is 12.1. The van der Waals surface area contributed by atoms with Gasteiger partial charge in [-0.15, -0.1) is 0 Å². The van der Waals surface area contributed by atoms with E-state index in [2.05, 4.69) is 37.2 Å². The van der Waals surface area contributed by atoms with Crippen molar-refractivity contribution in [1.29, 1.82) is 0 Å². The van der Waals surface area contributed by atoms with Gasteiger partial charge in [-0.1, -0.05) is 59.6 Å². The second-order valence-electron chi connectivity index (χ2n) is 10.1. The van der Waals surface area contributed by atoms with Gasteiger partial charge < -0.3 is 15.0 Å². The number of anilines is 1. The summed E-state index contributed by atoms with van der Waals surface area (Å²) in [5.41, 5.74) is 2.07. The van der Waals surface area contributed by atoms with Crippen LogP contribution in [0.2, 0.25) is 0 Å². The smallest absolute Gasteiger partial charge is 0.264 e. The summed E-state index contributed by atoms with van der Waals surface area (Å²) in [5.74, 6) is -0.124. The van der Waals surface area contributed by atoms with E-state index in [1.165, 1.54) is 24.1 Å². The molecular weight excluding hydrogens is 674 g/mol. The van der Waals surface area contributed by atoms with Crippen molar-refractivity contribution in [2.45, 2.75) is 45.2 Å². The molecule has 1 atom stereocenters. The molecule has 0 fully saturated rings. The minimum absolute atomic E-state index is 0.0132. The number of hydrogen-bond donors (Lipinski definition) is 1. The van der Waals surface area contributed by atoms with Crippen LogP contribution in [0.3, 0.4) is 0 Å². The average Bonchev–Trinajstić information content (AvgIpc) is 2.94. The van der Waals surface area contributed by atoms with Gasteiger partial charge in [0.05, 0.1) is 22.2 Å². The molecule has 0 aromatic heterocycles. The standard InChI is InChI=1S/C30H35Br2N3O5S/c1-20(2)17-33-30(37)22(4)34(18-23-8-10-24(31)11-9-23)29(36)19-35(25-12-6-21(3)7-13-25)41(38,39)26-14-15-28(40-5)27(32)16-26/h6-16,20,22H,17-19H2,1-5H3,(H,33,37). The van der Waals surface area contributed by atoms with Crippen LogP contribution in [0.25, 0.3) is 0 Å². The lowest BCUT2D eigenvalue weighted by molar-refractivity contribution is -0.139. The number of hydrogen-bond acceptors (Lipinski definition) is 5. The number of methoxy groups -OCH3 is 1. The van der Waals surface area contributed by atoms with Gasteiger partial charge in [-0.05, 0) is 83.7 Å². The SMILES string of the molecule is COc1ccc(S(=O)(=O)N(CC(=O)N(Cc2ccc(Br)cc2)C(C)C(=O)NCC(C)C)c2ccc(C)cc2)cc1Br. The molecule has 1 unspecified atom stereocenters. The summed E-state index contributed by atoms with van der Waals surface area (Å²) in [6.07, 6.45) is 0. The number of carbonyl (C=O) groups excluding carboxylic acids is 2. The number of halogens is 2. The third kappa shape index (κ3) is 8.56.